The molecule has 2 aromatic heterocycles. The highest BCUT2D eigenvalue weighted by Crippen LogP contribution is 2.39. The van der Waals surface area contributed by atoms with Crippen LogP contribution in [0.25, 0.3) is 5.82 Å². The Morgan fingerprint density at radius 1 is 1.10 bits per heavy atom. The van der Waals surface area contributed by atoms with E-state index in [0.717, 1.165) is 19.2 Å². The van der Waals surface area contributed by atoms with Crippen molar-refractivity contribution in [3.63, 3.8) is 0 Å². The van der Waals surface area contributed by atoms with Crippen LogP contribution in [0, 0.1) is 0 Å². The van der Waals surface area contributed by atoms with Crippen LogP contribution in [-0.2, 0) is 9.84 Å². The molecule has 2 heterocycles. The average Bonchev–Trinajstić information content (AvgIpc) is 3.64. The predicted octanol–water partition coefficient (Wildman–Crippen LogP) is 2.68. The van der Waals surface area contributed by atoms with Gasteiger partial charge < -0.3 is 15.4 Å². The number of amides is 2. The molecular formula is C22H20F5N7O5S. The van der Waals surface area contributed by atoms with E-state index in [9.17, 15) is 40.0 Å². The maximum atomic E-state index is 13.1. The van der Waals surface area contributed by atoms with Gasteiger partial charge in [-0.3, -0.25) is 9.59 Å². The summed E-state index contributed by atoms with van der Waals surface area (Å²) in [6.07, 6.45) is -2.56. The summed E-state index contributed by atoms with van der Waals surface area (Å²) in [6.45, 7) is 1.45. The van der Waals surface area contributed by atoms with Crippen LogP contribution < -0.4 is 15.4 Å². The molecule has 4 rings (SSSR count). The SMILES string of the molecule is CNC(=O)c1cc(-n2nc(C3CC3)nc2[C@H](C)NC(=O)c2cc(OC(F)(F)F)cc(S(=O)(=O)C(F)F)c2)ncn1. The molecule has 1 atom stereocenters. The lowest BCUT2D eigenvalue weighted by Crippen LogP contribution is -2.29. The predicted molar refractivity (Wildman–Crippen MR) is 125 cm³/mol. The molecule has 2 N–H and O–H groups in total. The number of benzene rings is 1. The zero-order valence-corrected chi connectivity index (χ0v) is 21.4. The van der Waals surface area contributed by atoms with Gasteiger partial charge in [-0.15, -0.1) is 18.3 Å². The summed E-state index contributed by atoms with van der Waals surface area (Å²) < 4.78 is 93.5. The smallest absolute Gasteiger partial charge is 0.406 e. The standard InChI is InChI=1S/C22H20F5N7O5S/c1-10(18-32-17(11-3-4-11)33-34(18)16-8-15(20(36)28-2)29-9-30-16)31-19(35)12-5-13(39-22(25,26)27)7-14(6-12)40(37,38)21(23)24/h5-11,21H,3-4H2,1-2H3,(H,28,36)(H,31,35)/t10-/m0/s1. The van der Waals surface area contributed by atoms with Gasteiger partial charge in [0.25, 0.3) is 11.8 Å². The van der Waals surface area contributed by atoms with Crippen molar-refractivity contribution in [2.75, 3.05) is 7.05 Å². The minimum atomic E-state index is -5.38. The quantitative estimate of drug-likeness (QED) is 0.358. The van der Waals surface area contributed by atoms with Crippen molar-refractivity contribution in [3.8, 4) is 11.6 Å². The third-order valence-electron chi connectivity index (χ3n) is 5.59. The Kier molecular flexibility index (Phi) is 7.73. The summed E-state index contributed by atoms with van der Waals surface area (Å²) in [5.41, 5.74) is -0.696. The van der Waals surface area contributed by atoms with Crippen LogP contribution in [0.15, 0.2) is 35.5 Å². The van der Waals surface area contributed by atoms with Crippen LogP contribution in [0.2, 0.25) is 0 Å². The summed E-state index contributed by atoms with van der Waals surface area (Å²) in [4.78, 5) is 36.2. The number of rotatable bonds is 9. The molecule has 40 heavy (non-hydrogen) atoms. The minimum Gasteiger partial charge on any atom is -0.406 e. The Balaban J connectivity index is 1.69. The zero-order valence-electron chi connectivity index (χ0n) is 20.6. The first-order chi connectivity index (χ1) is 18.7. The summed E-state index contributed by atoms with van der Waals surface area (Å²) in [5.74, 6) is -6.09. The Bertz CT molecular complexity index is 1560. The lowest BCUT2D eigenvalue weighted by molar-refractivity contribution is -0.274. The van der Waals surface area contributed by atoms with E-state index in [0.29, 0.717) is 18.0 Å². The number of carbonyl (C=O) groups excluding carboxylic acids is 2. The van der Waals surface area contributed by atoms with Gasteiger partial charge in [0.1, 0.15) is 17.8 Å². The minimum absolute atomic E-state index is 0.00728. The van der Waals surface area contributed by atoms with Gasteiger partial charge in [0.15, 0.2) is 17.5 Å². The van der Waals surface area contributed by atoms with Gasteiger partial charge >= 0.3 is 12.1 Å². The van der Waals surface area contributed by atoms with Crippen LogP contribution in [0.3, 0.4) is 0 Å². The maximum absolute atomic E-state index is 13.1. The number of aromatic nitrogens is 5. The second kappa shape index (κ2) is 10.7. The van der Waals surface area contributed by atoms with Gasteiger partial charge in [-0.25, -0.2) is 23.4 Å². The summed E-state index contributed by atoms with van der Waals surface area (Å²) in [7, 11) is -3.98. The molecule has 1 aliphatic rings. The number of sulfone groups is 1. The third-order valence-corrected chi connectivity index (χ3v) is 6.96. The van der Waals surface area contributed by atoms with E-state index in [2.05, 4.69) is 35.4 Å². The fraction of sp³-hybridized carbons (Fsp3) is 0.364. The van der Waals surface area contributed by atoms with Gasteiger partial charge in [-0.2, -0.15) is 13.5 Å². The first kappa shape index (κ1) is 28.8. The molecule has 2 amide bonds. The van der Waals surface area contributed by atoms with Crippen LogP contribution in [0.1, 0.15) is 64.2 Å². The molecule has 0 radical (unpaired) electrons. The third kappa shape index (κ3) is 6.32. The molecule has 0 saturated heterocycles. The molecule has 1 fully saturated rings. The van der Waals surface area contributed by atoms with E-state index in [-0.39, 0.29) is 29.3 Å². The van der Waals surface area contributed by atoms with Crippen molar-refractivity contribution >= 4 is 21.7 Å². The molecule has 3 aromatic rings. The van der Waals surface area contributed by atoms with Gasteiger partial charge in [0.05, 0.1) is 10.9 Å². The highest BCUT2D eigenvalue weighted by molar-refractivity contribution is 7.91. The Hall–Kier alpha value is -4.22. The average molecular weight is 590 g/mol. The van der Waals surface area contributed by atoms with E-state index >= 15 is 0 Å². The largest absolute Gasteiger partial charge is 0.573 e. The number of nitrogens with zero attached hydrogens (tertiary/aromatic N) is 5. The van der Waals surface area contributed by atoms with Crippen molar-refractivity contribution in [3.05, 3.63) is 53.5 Å². The first-order valence-corrected chi connectivity index (χ1v) is 13.0. The molecule has 1 saturated carbocycles. The van der Waals surface area contributed by atoms with Crippen molar-refractivity contribution in [2.24, 2.45) is 0 Å². The summed E-state index contributed by atoms with van der Waals surface area (Å²) in [6, 6.07) is 1.61. The van der Waals surface area contributed by atoms with E-state index in [4.69, 9.17) is 0 Å². The number of carbonyl (C=O) groups is 2. The molecule has 214 valence electrons. The number of hydrogen-bond donors (Lipinski definition) is 2. The summed E-state index contributed by atoms with van der Waals surface area (Å²) in [5, 5.41) is 9.27. The molecule has 0 unspecified atom stereocenters. The highest BCUT2D eigenvalue weighted by Gasteiger charge is 2.35. The summed E-state index contributed by atoms with van der Waals surface area (Å²) >= 11 is 0. The number of ether oxygens (including phenoxy) is 1. The van der Waals surface area contributed by atoms with Crippen molar-refractivity contribution in [1.82, 2.24) is 35.4 Å². The maximum Gasteiger partial charge on any atom is 0.573 e. The Labute approximate surface area is 222 Å². The molecule has 18 heteroatoms. The fourth-order valence-corrected chi connectivity index (χ4v) is 4.30. The molecule has 0 spiro atoms. The van der Waals surface area contributed by atoms with E-state index in [1.54, 1.807) is 0 Å². The van der Waals surface area contributed by atoms with E-state index in [1.165, 1.54) is 24.7 Å². The van der Waals surface area contributed by atoms with Gasteiger partial charge in [0, 0.05) is 24.6 Å². The number of nitrogens with one attached hydrogen (secondary N) is 2. The first-order valence-electron chi connectivity index (χ1n) is 11.4. The van der Waals surface area contributed by atoms with Crippen molar-refractivity contribution < 1.29 is 44.7 Å². The molecule has 1 aromatic carbocycles. The van der Waals surface area contributed by atoms with Crippen LogP contribution >= 0.6 is 0 Å². The van der Waals surface area contributed by atoms with Gasteiger partial charge in [-0.05, 0) is 38.0 Å². The second-order valence-electron chi connectivity index (χ2n) is 8.60. The lowest BCUT2D eigenvalue weighted by Gasteiger charge is -2.16. The number of alkyl halides is 5. The van der Waals surface area contributed by atoms with Gasteiger partial charge in [0.2, 0.25) is 9.84 Å². The van der Waals surface area contributed by atoms with Crippen LogP contribution in [-0.4, -0.2) is 64.1 Å². The van der Waals surface area contributed by atoms with E-state index in [1.807, 2.05) is 0 Å². The zero-order chi connectivity index (χ0) is 29.4. The van der Waals surface area contributed by atoms with Crippen LogP contribution in [0.4, 0.5) is 22.0 Å². The fourth-order valence-electron chi connectivity index (χ4n) is 3.53. The topological polar surface area (TPSA) is 158 Å². The highest BCUT2D eigenvalue weighted by atomic mass is 32.2. The molecule has 0 aliphatic heterocycles. The molecule has 1 aliphatic carbocycles. The van der Waals surface area contributed by atoms with Crippen LogP contribution in [0.5, 0.6) is 5.75 Å². The van der Waals surface area contributed by atoms with Crippen molar-refractivity contribution in [2.45, 2.75) is 48.7 Å². The molecule has 12 nitrogen and oxygen atoms in total. The monoisotopic (exact) mass is 589 g/mol. The number of halogens is 5. The molecule has 0 bridgehead atoms. The normalized spacial score (nSPS) is 14.6. The number of hydrogen-bond acceptors (Lipinski definition) is 9. The Morgan fingerprint density at radius 2 is 1.80 bits per heavy atom. The lowest BCUT2D eigenvalue weighted by atomic mass is 10.2. The molecular weight excluding hydrogens is 569 g/mol. The van der Waals surface area contributed by atoms with E-state index < -0.39 is 56.0 Å². The second-order valence-corrected chi connectivity index (χ2v) is 10.5. The van der Waals surface area contributed by atoms with Crippen molar-refractivity contribution in [1.29, 1.82) is 0 Å². The Morgan fingerprint density at radius 3 is 2.40 bits per heavy atom. The van der Waals surface area contributed by atoms with Gasteiger partial charge in [-0.1, -0.05) is 0 Å².